The number of carbonyl (C=O) groups excluding carboxylic acids is 1. The molecule has 0 atom stereocenters. The van der Waals surface area contributed by atoms with Gasteiger partial charge in [0.05, 0.1) is 17.9 Å². The molecule has 5 rings (SSSR count). The van der Waals surface area contributed by atoms with Gasteiger partial charge in [0.15, 0.2) is 5.15 Å². The molecule has 1 amide bonds. The zero-order valence-electron chi connectivity index (χ0n) is 12.8. The first kappa shape index (κ1) is 14.5. The second-order valence-electron chi connectivity index (χ2n) is 6.49. The van der Waals surface area contributed by atoms with Gasteiger partial charge in [0.1, 0.15) is 11.1 Å². The number of nitrogens with zero attached hydrogens (tertiary/aromatic N) is 4. The van der Waals surface area contributed by atoms with Gasteiger partial charge in [0.2, 0.25) is 11.8 Å². The maximum atomic E-state index is 11.9. The molecule has 23 heavy (non-hydrogen) atoms. The normalized spacial score (nSPS) is 28.4. The highest BCUT2D eigenvalue weighted by Crippen LogP contribution is 2.59. The Hall–Kier alpha value is -2.08. The number of carbonyl (C=O) groups is 1. The zero-order valence-corrected chi connectivity index (χ0v) is 13.6. The Morgan fingerprint density at radius 3 is 3.04 bits per heavy atom. The van der Waals surface area contributed by atoms with E-state index in [4.69, 9.17) is 16.3 Å². The maximum Gasteiger partial charge on any atom is 0.246 e. The quantitative estimate of drug-likeness (QED) is 0.807. The highest BCUT2D eigenvalue weighted by Gasteiger charge is 2.65. The van der Waals surface area contributed by atoms with Crippen molar-refractivity contribution in [3.63, 3.8) is 0 Å². The van der Waals surface area contributed by atoms with Gasteiger partial charge in [-0.2, -0.15) is 10.1 Å². The molecule has 2 aromatic heterocycles. The molecule has 3 saturated carbocycles. The summed E-state index contributed by atoms with van der Waals surface area (Å²) in [6, 6.07) is 1.85. The van der Waals surface area contributed by atoms with Crippen LogP contribution in [0, 0.1) is 0 Å². The molecule has 3 aliphatic rings. The van der Waals surface area contributed by atoms with Crippen LogP contribution < -0.4 is 4.74 Å². The Balaban J connectivity index is 1.59. The molecule has 7 heteroatoms. The molecule has 0 aromatic carbocycles. The van der Waals surface area contributed by atoms with Gasteiger partial charge in [0.25, 0.3) is 0 Å². The van der Waals surface area contributed by atoms with E-state index in [0.29, 0.717) is 11.0 Å². The third-order valence-electron chi connectivity index (χ3n) is 5.20. The van der Waals surface area contributed by atoms with E-state index in [2.05, 4.69) is 16.7 Å². The van der Waals surface area contributed by atoms with Crippen molar-refractivity contribution in [2.75, 3.05) is 7.05 Å². The van der Waals surface area contributed by atoms with E-state index in [0.717, 1.165) is 31.2 Å². The standard InChI is InChI=1S/C16H17ClN4O2/c1-3-13(22)20(2)15-5-6-16(9-15,10-15)23-14-11-4-7-18-21(11)8-12(17)19-14/h3-4,7-8H,1,5-6,9-10H2,2H3. The lowest BCUT2D eigenvalue weighted by molar-refractivity contribution is -0.138. The van der Waals surface area contributed by atoms with Crippen LogP contribution in [-0.4, -0.2) is 43.6 Å². The summed E-state index contributed by atoms with van der Waals surface area (Å²) in [5.74, 6) is 0.461. The minimum absolute atomic E-state index is 0.0421. The fourth-order valence-electron chi connectivity index (χ4n) is 4.01. The number of hydrogen-bond acceptors (Lipinski definition) is 4. The van der Waals surface area contributed by atoms with E-state index in [9.17, 15) is 4.79 Å². The highest BCUT2D eigenvalue weighted by molar-refractivity contribution is 6.29. The summed E-state index contributed by atoms with van der Waals surface area (Å²) in [4.78, 5) is 18.0. The van der Waals surface area contributed by atoms with Crippen molar-refractivity contribution in [1.29, 1.82) is 0 Å². The van der Waals surface area contributed by atoms with E-state index in [1.54, 1.807) is 21.8 Å². The number of ether oxygens (including phenoxy) is 1. The Bertz CT molecular complexity index is 810. The summed E-state index contributed by atoms with van der Waals surface area (Å²) < 4.78 is 7.91. The molecule has 3 aliphatic carbocycles. The fraction of sp³-hybridized carbons (Fsp3) is 0.438. The van der Waals surface area contributed by atoms with Crippen LogP contribution in [0.15, 0.2) is 31.1 Å². The van der Waals surface area contributed by atoms with E-state index >= 15 is 0 Å². The van der Waals surface area contributed by atoms with E-state index in [-0.39, 0.29) is 17.0 Å². The number of halogens is 1. The summed E-state index contributed by atoms with van der Waals surface area (Å²) in [6.45, 7) is 3.57. The minimum Gasteiger partial charge on any atom is -0.469 e. The number of fused-ring (bicyclic) bond motifs is 2. The van der Waals surface area contributed by atoms with Crippen LogP contribution >= 0.6 is 11.6 Å². The van der Waals surface area contributed by atoms with Crippen molar-refractivity contribution >= 4 is 23.0 Å². The molecule has 0 unspecified atom stereocenters. The second-order valence-corrected chi connectivity index (χ2v) is 6.88. The van der Waals surface area contributed by atoms with Crippen LogP contribution in [-0.2, 0) is 4.79 Å². The highest BCUT2D eigenvalue weighted by atomic mass is 35.5. The van der Waals surface area contributed by atoms with Crippen LogP contribution in [0.4, 0.5) is 0 Å². The third kappa shape index (κ3) is 2.05. The summed E-state index contributed by atoms with van der Waals surface area (Å²) in [5.41, 5.74) is 0.419. The molecule has 120 valence electrons. The molecule has 2 bridgehead atoms. The number of aromatic nitrogens is 3. The van der Waals surface area contributed by atoms with Gasteiger partial charge < -0.3 is 9.64 Å². The Morgan fingerprint density at radius 2 is 2.30 bits per heavy atom. The SMILES string of the molecule is C=CC(=O)N(C)C12CCC(Oc3nc(Cl)cn4nccc34)(C1)C2. The monoisotopic (exact) mass is 332 g/mol. The van der Waals surface area contributed by atoms with Gasteiger partial charge in [0, 0.05) is 19.9 Å². The zero-order chi connectivity index (χ0) is 16.2. The minimum atomic E-state index is -0.266. The Morgan fingerprint density at radius 1 is 1.52 bits per heavy atom. The molecule has 6 nitrogen and oxygen atoms in total. The molecule has 2 aromatic rings. The van der Waals surface area contributed by atoms with Gasteiger partial charge >= 0.3 is 0 Å². The van der Waals surface area contributed by atoms with Crippen molar-refractivity contribution in [2.24, 2.45) is 0 Å². The average Bonchev–Trinajstić information content (AvgIpc) is 3.18. The summed E-state index contributed by atoms with van der Waals surface area (Å²) in [6.07, 6.45) is 8.15. The molecule has 0 saturated heterocycles. The summed E-state index contributed by atoms with van der Waals surface area (Å²) in [7, 11) is 1.84. The molecule has 0 spiro atoms. The van der Waals surface area contributed by atoms with Gasteiger partial charge in [-0.05, 0) is 25.0 Å². The molecule has 0 radical (unpaired) electrons. The Labute approximate surface area is 138 Å². The molecule has 0 N–H and O–H groups in total. The lowest BCUT2D eigenvalue weighted by Gasteiger charge is -2.51. The molecular weight excluding hydrogens is 316 g/mol. The van der Waals surface area contributed by atoms with E-state index in [1.807, 2.05) is 13.1 Å². The van der Waals surface area contributed by atoms with Crippen LogP contribution in [0.25, 0.3) is 5.52 Å². The van der Waals surface area contributed by atoms with Gasteiger partial charge in [-0.1, -0.05) is 18.2 Å². The van der Waals surface area contributed by atoms with Crippen molar-refractivity contribution in [1.82, 2.24) is 19.5 Å². The topological polar surface area (TPSA) is 59.7 Å². The van der Waals surface area contributed by atoms with Crippen molar-refractivity contribution in [3.8, 4) is 5.88 Å². The molecule has 3 fully saturated rings. The lowest BCUT2D eigenvalue weighted by atomic mass is 9.72. The smallest absolute Gasteiger partial charge is 0.246 e. The number of likely N-dealkylation sites (N-methyl/N-ethyl adjacent to an activating group) is 1. The number of amides is 1. The maximum absolute atomic E-state index is 11.9. The van der Waals surface area contributed by atoms with Crippen LogP contribution in [0.5, 0.6) is 5.88 Å². The summed E-state index contributed by atoms with van der Waals surface area (Å²) in [5, 5.41) is 4.52. The second kappa shape index (κ2) is 4.71. The number of hydrogen-bond donors (Lipinski definition) is 0. The first-order valence-corrected chi connectivity index (χ1v) is 7.94. The first-order valence-electron chi connectivity index (χ1n) is 7.56. The summed E-state index contributed by atoms with van der Waals surface area (Å²) >= 11 is 6.05. The van der Waals surface area contributed by atoms with Crippen LogP contribution in [0.3, 0.4) is 0 Å². The van der Waals surface area contributed by atoms with E-state index < -0.39 is 0 Å². The largest absolute Gasteiger partial charge is 0.469 e. The van der Waals surface area contributed by atoms with Crippen LogP contribution in [0.1, 0.15) is 25.7 Å². The predicted octanol–water partition coefficient (Wildman–Crippen LogP) is 2.47. The van der Waals surface area contributed by atoms with Crippen molar-refractivity contribution < 1.29 is 9.53 Å². The first-order chi connectivity index (χ1) is 11.0. The molecule has 2 heterocycles. The van der Waals surface area contributed by atoms with Crippen molar-refractivity contribution in [3.05, 3.63) is 36.3 Å². The van der Waals surface area contributed by atoms with Crippen LogP contribution in [0.2, 0.25) is 5.15 Å². The molecule has 0 aliphatic heterocycles. The van der Waals surface area contributed by atoms with E-state index in [1.165, 1.54) is 6.08 Å². The van der Waals surface area contributed by atoms with Gasteiger partial charge in [-0.3, -0.25) is 4.79 Å². The number of rotatable bonds is 4. The lowest BCUT2D eigenvalue weighted by Crippen LogP contribution is -2.60. The predicted molar refractivity (Wildman–Crippen MR) is 85.5 cm³/mol. The van der Waals surface area contributed by atoms with Gasteiger partial charge in [-0.25, -0.2) is 4.52 Å². The molecular formula is C16H17ClN4O2. The third-order valence-corrected chi connectivity index (χ3v) is 5.39. The Kier molecular flexibility index (Phi) is 2.97. The van der Waals surface area contributed by atoms with Crippen molar-refractivity contribution in [2.45, 2.75) is 36.8 Å². The average molecular weight is 333 g/mol. The fourth-order valence-corrected chi connectivity index (χ4v) is 4.18. The van der Waals surface area contributed by atoms with Gasteiger partial charge in [-0.15, -0.1) is 0 Å².